The molecule has 0 radical (unpaired) electrons. The van der Waals surface area contributed by atoms with Gasteiger partial charge in [-0.25, -0.2) is 0 Å². The minimum absolute atomic E-state index is 0.120. The number of pyridine rings is 2. The van der Waals surface area contributed by atoms with Gasteiger partial charge in [0, 0.05) is 48.1 Å². The van der Waals surface area contributed by atoms with E-state index in [1.165, 1.54) is 25.3 Å². The fourth-order valence-electron chi connectivity index (χ4n) is 3.87. The van der Waals surface area contributed by atoms with E-state index >= 15 is 0 Å². The minimum Gasteiger partial charge on any atom is -0.494 e. The lowest BCUT2D eigenvalue weighted by Crippen LogP contribution is -2.11. The van der Waals surface area contributed by atoms with Gasteiger partial charge in [-0.15, -0.1) is 0 Å². The Morgan fingerprint density at radius 1 is 1.20 bits per heavy atom. The van der Waals surface area contributed by atoms with Gasteiger partial charge in [0.15, 0.2) is 5.78 Å². The molecular weight excluding hydrogens is 526 g/mol. The van der Waals surface area contributed by atoms with Gasteiger partial charge < -0.3 is 19.7 Å². The van der Waals surface area contributed by atoms with Crippen LogP contribution in [0.2, 0.25) is 5.02 Å². The number of nitrogens with zero attached hydrogens (tertiary/aromatic N) is 4. The lowest BCUT2D eigenvalue weighted by atomic mass is 10.0. The molecule has 4 rings (SSSR count). The van der Waals surface area contributed by atoms with Gasteiger partial charge in [0.2, 0.25) is 0 Å². The van der Waals surface area contributed by atoms with Crippen molar-refractivity contribution in [3.05, 3.63) is 94.9 Å². The van der Waals surface area contributed by atoms with E-state index < -0.39 is 12.3 Å². The summed E-state index contributed by atoms with van der Waals surface area (Å²) in [7, 11) is 3.66. The standard InChI is InChI=1S/C31H30ClN5O3/c1-4-39-30-17-28-26(15-21(30)14-25(38)9-7-13-37(2)3)31(22(18-33)19-35-28)36-23-10-11-29(27(32)16-23)40-20-24-8-5-6-12-34-24/h5-12,15-17,19H,4,13-14,20H2,1-3H3,(H,35,36)/b9-7+/i4D2,9D. The molecule has 2 aromatic carbocycles. The average Bonchev–Trinajstić information content (AvgIpc) is 2.95. The van der Waals surface area contributed by atoms with Crippen molar-refractivity contribution < 1.29 is 18.4 Å². The second-order valence-corrected chi connectivity index (χ2v) is 9.44. The number of ether oxygens (including phenoxy) is 2. The molecule has 40 heavy (non-hydrogen) atoms. The van der Waals surface area contributed by atoms with Crippen LogP contribution in [0.1, 0.15) is 27.9 Å². The molecule has 8 nitrogen and oxygen atoms in total. The molecule has 0 aliphatic carbocycles. The van der Waals surface area contributed by atoms with Crippen molar-refractivity contribution in [3.63, 3.8) is 0 Å². The van der Waals surface area contributed by atoms with Gasteiger partial charge in [0.05, 0.1) is 38.2 Å². The van der Waals surface area contributed by atoms with Gasteiger partial charge >= 0.3 is 0 Å². The van der Waals surface area contributed by atoms with Gasteiger partial charge in [-0.2, -0.15) is 5.26 Å². The zero-order valence-electron chi connectivity index (χ0n) is 25.4. The number of aromatic nitrogens is 2. The van der Waals surface area contributed by atoms with E-state index in [9.17, 15) is 10.1 Å². The number of carbonyl (C=O) groups excluding carboxylic acids is 1. The Morgan fingerprint density at radius 2 is 2.05 bits per heavy atom. The van der Waals surface area contributed by atoms with Crippen molar-refractivity contribution in [1.29, 1.82) is 5.26 Å². The highest BCUT2D eigenvalue weighted by Gasteiger charge is 2.16. The maximum Gasteiger partial charge on any atom is 0.159 e. The molecule has 2 aromatic heterocycles. The molecule has 204 valence electrons. The largest absolute Gasteiger partial charge is 0.494 e. The molecule has 0 aliphatic heterocycles. The van der Waals surface area contributed by atoms with Crippen molar-refractivity contribution in [2.45, 2.75) is 20.0 Å². The molecule has 0 atom stereocenters. The van der Waals surface area contributed by atoms with Crippen LogP contribution in [-0.4, -0.2) is 47.9 Å². The summed E-state index contributed by atoms with van der Waals surface area (Å²) in [5.74, 6) is 0.118. The van der Waals surface area contributed by atoms with E-state index in [-0.39, 0.29) is 30.4 Å². The molecule has 4 aromatic rings. The molecule has 0 amide bonds. The van der Waals surface area contributed by atoms with Crippen LogP contribution in [0.15, 0.2) is 73.1 Å². The molecule has 2 heterocycles. The van der Waals surface area contributed by atoms with Crippen LogP contribution in [0.4, 0.5) is 11.4 Å². The minimum atomic E-state index is -2.04. The van der Waals surface area contributed by atoms with Gasteiger partial charge in [0.1, 0.15) is 24.2 Å². The first-order valence-electron chi connectivity index (χ1n) is 13.9. The van der Waals surface area contributed by atoms with Crippen LogP contribution < -0.4 is 14.8 Å². The fraction of sp³-hybridized carbons (Fsp3) is 0.226. The van der Waals surface area contributed by atoms with Crippen LogP contribution >= 0.6 is 11.6 Å². The van der Waals surface area contributed by atoms with Crippen molar-refractivity contribution >= 4 is 39.7 Å². The number of hydrogen-bond acceptors (Lipinski definition) is 8. The van der Waals surface area contributed by atoms with E-state index in [0.29, 0.717) is 45.2 Å². The highest BCUT2D eigenvalue weighted by Crippen LogP contribution is 2.36. The molecule has 0 unspecified atom stereocenters. The number of nitriles is 1. The lowest BCUT2D eigenvalue weighted by Gasteiger charge is -2.16. The van der Waals surface area contributed by atoms with Gasteiger partial charge in [-0.05, 0) is 63.5 Å². The van der Waals surface area contributed by atoms with E-state index in [1.807, 2.05) is 37.2 Å². The number of halogens is 1. The smallest absolute Gasteiger partial charge is 0.159 e. The van der Waals surface area contributed by atoms with E-state index in [0.717, 1.165) is 5.69 Å². The Bertz CT molecular complexity index is 1700. The van der Waals surface area contributed by atoms with Gasteiger partial charge in [-0.1, -0.05) is 23.7 Å². The highest BCUT2D eigenvalue weighted by molar-refractivity contribution is 6.32. The zero-order valence-corrected chi connectivity index (χ0v) is 23.1. The molecule has 0 fully saturated rings. The maximum absolute atomic E-state index is 13.0. The number of likely N-dealkylation sites (N-methyl/N-ethyl adjacent to an activating group) is 1. The third kappa shape index (κ3) is 7.35. The number of benzene rings is 2. The van der Waals surface area contributed by atoms with E-state index in [1.54, 1.807) is 30.5 Å². The number of hydrogen-bond donors (Lipinski definition) is 1. The first-order chi connectivity index (χ1) is 20.4. The Hall–Kier alpha value is -4.45. The van der Waals surface area contributed by atoms with Crippen LogP contribution in [0.25, 0.3) is 10.9 Å². The summed E-state index contributed by atoms with van der Waals surface area (Å²) in [5.41, 5.74) is 2.74. The van der Waals surface area contributed by atoms with Crippen molar-refractivity contribution in [2.75, 3.05) is 32.5 Å². The molecule has 0 bridgehead atoms. The molecule has 0 aliphatic rings. The molecule has 9 heteroatoms. The SMILES string of the molecule is [2H]/C(=C\CN(C)C)C(=O)Cc1cc2c(Nc3ccc(OCc4ccccn4)c(Cl)c3)c(C#N)cnc2cc1OC([2H])([2H])C. The third-order valence-electron chi connectivity index (χ3n) is 5.76. The number of fused-ring (bicyclic) bond motifs is 1. The quantitative estimate of drug-likeness (QED) is 0.208. The van der Waals surface area contributed by atoms with Crippen molar-refractivity contribution in [2.24, 2.45) is 0 Å². The Kier molecular flexibility index (Phi) is 8.33. The Balaban J connectivity index is 1.70. The molecule has 1 N–H and O–H groups in total. The Morgan fingerprint density at radius 3 is 2.75 bits per heavy atom. The van der Waals surface area contributed by atoms with Crippen molar-refractivity contribution in [3.8, 4) is 17.6 Å². The number of nitrogens with one attached hydrogen (secondary N) is 1. The van der Waals surface area contributed by atoms with Crippen LogP contribution in [-0.2, 0) is 17.8 Å². The Labute approximate surface area is 243 Å². The number of anilines is 2. The summed E-state index contributed by atoms with van der Waals surface area (Å²) in [6.45, 7) is -0.127. The number of allylic oxidation sites excluding steroid dienone is 1. The summed E-state index contributed by atoms with van der Waals surface area (Å²) >= 11 is 6.51. The number of ketones is 1. The van der Waals surface area contributed by atoms with Gasteiger partial charge in [0.25, 0.3) is 0 Å². The summed E-state index contributed by atoms with van der Waals surface area (Å²) in [5, 5.41) is 14.0. The predicted molar refractivity (Wildman–Crippen MR) is 157 cm³/mol. The monoisotopic (exact) mass is 558 g/mol. The molecule has 0 spiro atoms. The van der Waals surface area contributed by atoms with Crippen LogP contribution in [0.5, 0.6) is 11.5 Å². The normalized spacial score (nSPS) is 12.8. The van der Waals surface area contributed by atoms with Crippen molar-refractivity contribution in [1.82, 2.24) is 14.9 Å². The fourth-order valence-corrected chi connectivity index (χ4v) is 4.10. The van der Waals surface area contributed by atoms with Crippen LogP contribution in [0.3, 0.4) is 0 Å². The number of rotatable bonds is 12. The summed E-state index contributed by atoms with van der Waals surface area (Å²) in [4.78, 5) is 23.4. The molecule has 0 saturated carbocycles. The first kappa shape index (κ1) is 24.6. The highest BCUT2D eigenvalue weighted by atomic mass is 35.5. The summed E-state index contributed by atoms with van der Waals surface area (Å²) in [6.07, 6.45) is 4.38. The second kappa shape index (κ2) is 13.6. The zero-order chi connectivity index (χ0) is 31.1. The lowest BCUT2D eigenvalue weighted by molar-refractivity contribution is -0.114. The predicted octanol–water partition coefficient (Wildman–Crippen LogP) is 6.11. The average molecular weight is 559 g/mol. The van der Waals surface area contributed by atoms with E-state index in [2.05, 4.69) is 21.4 Å². The maximum atomic E-state index is 13.0. The van der Waals surface area contributed by atoms with Gasteiger partial charge in [-0.3, -0.25) is 14.8 Å². The first-order valence-corrected chi connectivity index (χ1v) is 12.8. The van der Waals surface area contributed by atoms with Crippen LogP contribution in [0, 0.1) is 11.3 Å². The second-order valence-electron chi connectivity index (χ2n) is 9.03. The topological polar surface area (TPSA) is 100 Å². The molecule has 0 saturated heterocycles. The number of carbonyl (C=O) groups is 1. The summed E-state index contributed by atoms with van der Waals surface area (Å²) in [6, 6.07) is 15.8. The third-order valence-corrected chi connectivity index (χ3v) is 6.05. The summed E-state index contributed by atoms with van der Waals surface area (Å²) < 4.78 is 35.4. The van der Waals surface area contributed by atoms with E-state index in [4.69, 9.17) is 25.2 Å². The molecular formula is C31H30ClN5O3.